The van der Waals surface area contributed by atoms with E-state index < -0.39 is 0 Å². The average Bonchev–Trinajstić information content (AvgIpc) is 2.95. The molecular weight excluding hydrogens is 266 g/mol. The van der Waals surface area contributed by atoms with Crippen molar-refractivity contribution in [3.8, 4) is 10.4 Å². The fraction of sp³-hybridized carbons (Fsp3) is 0.438. The fourth-order valence-corrected chi connectivity index (χ4v) is 3.93. The highest BCUT2D eigenvalue weighted by molar-refractivity contribution is 7.13. The maximum atomic E-state index is 6.13. The van der Waals surface area contributed by atoms with Crippen molar-refractivity contribution in [3.05, 3.63) is 35.5 Å². The summed E-state index contributed by atoms with van der Waals surface area (Å²) in [4.78, 5) is 8.12. The monoisotopic (exact) mass is 287 g/mol. The summed E-state index contributed by atoms with van der Waals surface area (Å²) in [7, 11) is 0. The molecule has 1 saturated heterocycles. The van der Waals surface area contributed by atoms with E-state index in [1.165, 1.54) is 28.1 Å². The zero-order valence-corrected chi connectivity index (χ0v) is 12.7. The SMILES string of the molecule is CCc1ccsc1-c1cnccc1N1CCC[C@H](N)C1. The number of nitrogens with zero attached hydrogens (tertiary/aromatic N) is 2. The molecule has 0 radical (unpaired) electrons. The summed E-state index contributed by atoms with van der Waals surface area (Å²) >= 11 is 1.81. The Labute approximate surface area is 124 Å². The zero-order valence-electron chi connectivity index (χ0n) is 11.9. The predicted molar refractivity (Wildman–Crippen MR) is 86.4 cm³/mol. The van der Waals surface area contributed by atoms with Crippen LogP contribution >= 0.6 is 11.3 Å². The Morgan fingerprint density at radius 2 is 2.35 bits per heavy atom. The van der Waals surface area contributed by atoms with Crippen molar-refractivity contribution in [2.75, 3.05) is 18.0 Å². The van der Waals surface area contributed by atoms with E-state index >= 15 is 0 Å². The second kappa shape index (κ2) is 5.94. The minimum absolute atomic E-state index is 0.291. The van der Waals surface area contributed by atoms with Crippen LogP contribution in [0.2, 0.25) is 0 Å². The molecule has 3 rings (SSSR count). The molecule has 1 aliphatic rings. The molecule has 3 heterocycles. The van der Waals surface area contributed by atoms with Crippen LogP contribution < -0.4 is 10.6 Å². The van der Waals surface area contributed by atoms with Gasteiger partial charge in [0.05, 0.1) is 0 Å². The second-order valence-corrected chi connectivity index (χ2v) is 6.29. The van der Waals surface area contributed by atoms with Gasteiger partial charge in [0.2, 0.25) is 0 Å². The summed E-state index contributed by atoms with van der Waals surface area (Å²) in [6, 6.07) is 4.64. The topological polar surface area (TPSA) is 42.2 Å². The van der Waals surface area contributed by atoms with E-state index in [1.807, 2.05) is 23.7 Å². The summed E-state index contributed by atoms with van der Waals surface area (Å²) in [6.45, 7) is 4.25. The van der Waals surface area contributed by atoms with Gasteiger partial charge in [0.1, 0.15) is 0 Å². The minimum atomic E-state index is 0.291. The van der Waals surface area contributed by atoms with E-state index in [0.717, 1.165) is 25.9 Å². The molecule has 0 amide bonds. The Morgan fingerprint density at radius 1 is 1.45 bits per heavy atom. The smallest absolute Gasteiger partial charge is 0.0485 e. The van der Waals surface area contributed by atoms with Crippen LogP contribution in [0.25, 0.3) is 10.4 Å². The maximum Gasteiger partial charge on any atom is 0.0485 e. The number of nitrogens with two attached hydrogens (primary N) is 1. The van der Waals surface area contributed by atoms with Gasteiger partial charge in [-0.1, -0.05) is 6.92 Å². The van der Waals surface area contributed by atoms with E-state index in [2.05, 4.69) is 34.3 Å². The highest BCUT2D eigenvalue weighted by atomic mass is 32.1. The number of aromatic nitrogens is 1. The molecule has 1 aliphatic heterocycles. The summed E-state index contributed by atoms with van der Waals surface area (Å²) < 4.78 is 0. The Bertz CT molecular complexity index is 579. The molecule has 106 valence electrons. The first kappa shape index (κ1) is 13.6. The van der Waals surface area contributed by atoms with Crippen LogP contribution in [0.15, 0.2) is 29.9 Å². The minimum Gasteiger partial charge on any atom is -0.369 e. The van der Waals surface area contributed by atoms with Crippen LogP contribution in [0.5, 0.6) is 0 Å². The molecule has 0 aromatic carbocycles. The highest BCUT2D eigenvalue weighted by Crippen LogP contribution is 2.37. The summed E-state index contributed by atoms with van der Waals surface area (Å²) in [5.41, 5.74) is 10.1. The van der Waals surface area contributed by atoms with Crippen molar-refractivity contribution in [3.63, 3.8) is 0 Å². The molecule has 0 bridgehead atoms. The average molecular weight is 287 g/mol. The van der Waals surface area contributed by atoms with Crippen LogP contribution in [0.4, 0.5) is 5.69 Å². The third-order valence-corrected chi connectivity index (χ3v) is 4.96. The summed E-state index contributed by atoms with van der Waals surface area (Å²) in [5, 5.41) is 2.17. The van der Waals surface area contributed by atoms with Crippen LogP contribution in [0.1, 0.15) is 25.3 Å². The maximum absolute atomic E-state index is 6.13. The van der Waals surface area contributed by atoms with Gasteiger partial charge in [-0.15, -0.1) is 11.3 Å². The quantitative estimate of drug-likeness (QED) is 0.942. The van der Waals surface area contributed by atoms with E-state index in [-0.39, 0.29) is 0 Å². The van der Waals surface area contributed by atoms with Crippen LogP contribution in [-0.2, 0) is 6.42 Å². The Kier molecular flexibility index (Phi) is 4.03. The van der Waals surface area contributed by atoms with Crippen molar-refractivity contribution in [1.82, 2.24) is 4.98 Å². The summed E-state index contributed by atoms with van der Waals surface area (Å²) in [5.74, 6) is 0. The van der Waals surface area contributed by atoms with Gasteiger partial charge in [0.15, 0.2) is 0 Å². The van der Waals surface area contributed by atoms with E-state index in [9.17, 15) is 0 Å². The van der Waals surface area contributed by atoms with Crippen molar-refractivity contribution < 1.29 is 0 Å². The van der Waals surface area contributed by atoms with Gasteiger partial charge < -0.3 is 10.6 Å². The first-order valence-corrected chi connectivity index (χ1v) is 8.19. The van der Waals surface area contributed by atoms with Gasteiger partial charge in [-0.2, -0.15) is 0 Å². The van der Waals surface area contributed by atoms with Crippen molar-refractivity contribution in [2.45, 2.75) is 32.2 Å². The van der Waals surface area contributed by atoms with Gasteiger partial charge >= 0.3 is 0 Å². The Hall–Kier alpha value is -1.39. The molecule has 3 nitrogen and oxygen atoms in total. The van der Waals surface area contributed by atoms with Gasteiger partial charge in [-0.05, 0) is 42.3 Å². The molecule has 1 atom stereocenters. The highest BCUT2D eigenvalue weighted by Gasteiger charge is 2.20. The third kappa shape index (κ3) is 2.58. The first-order valence-electron chi connectivity index (χ1n) is 7.31. The van der Waals surface area contributed by atoms with Crippen LogP contribution in [0.3, 0.4) is 0 Å². The normalized spacial score (nSPS) is 19.3. The van der Waals surface area contributed by atoms with Crippen molar-refractivity contribution >= 4 is 17.0 Å². The molecule has 2 aromatic heterocycles. The lowest BCUT2D eigenvalue weighted by Gasteiger charge is -2.33. The summed E-state index contributed by atoms with van der Waals surface area (Å²) in [6.07, 6.45) is 7.26. The number of piperidine rings is 1. The number of thiophene rings is 1. The van der Waals surface area contributed by atoms with Crippen LogP contribution in [0, 0.1) is 0 Å². The standard InChI is InChI=1S/C16H21N3S/c1-2-12-6-9-20-16(12)14-10-18-7-5-15(14)19-8-3-4-13(17)11-19/h5-7,9-10,13H,2-4,8,11,17H2,1H3/t13-/m0/s1. The van der Waals surface area contributed by atoms with Gasteiger partial charge in [0, 0.05) is 47.7 Å². The molecule has 1 fully saturated rings. The van der Waals surface area contributed by atoms with Gasteiger partial charge in [-0.3, -0.25) is 4.98 Å². The van der Waals surface area contributed by atoms with Gasteiger partial charge in [-0.25, -0.2) is 0 Å². The van der Waals surface area contributed by atoms with Crippen LogP contribution in [-0.4, -0.2) is 24.1 Å². The molecule has 0 unspecified atom stereocenters. The molecule has 0 saturated carbocycles. The lowest BCUT2D eigenvalue weighted by atomic mass is 10.0. The number of rotatable bonds is 3. The zero-order chi connectivity index (χ0) is 13.9. The number of pyridine rings is 1. The molecular formula is C16H21N3S. The second-order valence-electron chi connectivity index (χ2n) is 5.37. The van der Waals surface area contributed by atoms with E-state index in [1.54, 1.807) is 0 Å². The Morgan fingerprint density at radius 3 is 3.15 bits per heavy atom. The molecule has 0 aliphatic carbocycles. The molecule has 20 heavy (non-hydrogen) atoms. The molecule has 0 spiro atoms. The fourth-order valence-electron chi connectivity index (χ4n) is 2.92. The van der Waals surface area contributed by atoms with E-state index in [0.29, 0.717) is 6.04 Å². The van der Waals surface area contributed by atoms with Gasteiger partial charge in [0.25, 0.3) is 0 Å². The number of aryl methyl sites for hydroxylation is 1. The third-order valence-electron chi connectivity index (χ3n) is 3.97. The lowest BCUT2D eigenvalue weighted by Crippen LogP contribution is -2.43. The molecule has 2 aromatic rings. The number of hydrogen-bond acceptors (Lipinski definition) is 4. The first-order chi connectivity index (χ1) is 9.79. The Balaban J connectivity index is 2.00. The number of anilines is 1. The number of hydrogen-bond donors (Lipinski definition) is 1. The predicted octanol–water partition coefficient (Wildman–Crippen LogP) is 3.30. The lowest BCUT2D eigenvalue weighted by molar-refractivity contribution is 0.506. The van der Waals surface area contributed by atoms with E-state index in [4.69, 9.17) is 5.73 Å². The largest absolute Gasteiger partial charge is 0.369 e. The molecule has 2 N–H and O–H groups in total. The van der Waals surface area contributed by atoms with Crippen molar-refractivity contribution in [2.24, 2.45) is 5.73 Å². The van der Waals surface area contributed by atoms with Crippen molar-refractivity contribution in [1.29, 1.82) is 0 Å². The molecule has 4 heteroatoms.